The highest BCUT2D eigenvalue weighted by atomic mass is 16.4. The molecule has 2 amide bonds. The lowest BCUT2D eigenvalue weighted by molar-refractivity contribution is -0.138. The second kappa shape index (κ2) is 7.38. The highest BCUT2D eigenvalue weighted by molar-refractivity contribution is 5.98. The minimum atomic E-state index is -1.02. The van der Waals surface area contributed by atoms with Gasteiger partial charge in [0.05, 0.1) is 17.6 Å². The van der Waals surface area contributed by atoms with E-state index in [0.29, 0.717) is 5.69 Å². The highest BCUT2D eigenvalue weighted by Crippen LogP contribution is 2.22. The third kappa shape index (κ3) is 4.08. The Morgan fingerprint density at radius 1 is 1.27 bits per heavy atom. The van der Waals surface area contributed by atoms with E-state index in [0.717, 1.165) is 0 Å². The molecule has 0 radical (unpaired) electrons. The molecule has 1 heterocycles. The number of nitrogens with two attached hydrogens (primary N) is 1. The summed E-state index contributed by atoms with van der Waals surface area (Å²) >= 11 is 0. The van der Waals surface area contributed by atoms with Crippen molar-refractivity contribution in [3.05, 3.63) is 47.8 Å². The zero-order chi connectivity index (χ0) is 19.5. The maximum Gasteiger partial charge on any atom is 0.305 e. The fourth-order valence-corrected chi connectivity index (χ4v) is 2.46. The molecule has 1 aromatic heterocycles. The average molecular weight is 358 g/mol. The van der Waals surface area contributed by atoms with Crippen LogP contribution in [0.1, 0.15) is 48.2 Å². The third-order valence-corrected chi connectivity index (χ3v) is 4.39. The second-order valence-electron chi connectivity index (χ2n) is 6.62. The fourth-order valence-electron chi connectivity index (χ4n) is 2.46. The summed E-state index contributed by atoms with van der Waals surface area (Å²) in [7, 11) is 0. The number of aromatic nitrogens is 2. The van der Waals surface area contributed by atoms with Crippen molar-refractivity contribution in [3.8, 4) is 5.69 Å². The van der Waals surface area contributed by atoms with Crippen LogP contribution in [0.2, 0.25) is 0 Å². The molecule has 0 fully saturated rings. The van der Waals surface area contributed by atoms with Crippen LogP contribution in [-0.2, 0) is 4.79 Å². The molecule has 4 N–H and O–H groups in total. The molecule has 0 bridgehead atoms. The van der Waals surface area contributed by atoms with E-state index in [1.807, 2.05) is 19.9 Å². The molecule has 0 spiro atoms. The smallest absolute Gasteiger partial charge is 0.305 e. The first-order valence-corrected chi connectivity index (χ1v) is 8.13. The Hall–Kier alpha value is -3.16. The molecular weight excluding hydrogens is 336 g/mol. The molecule has 1 atom stereocenters. The van der Waals surface area contributed by atoms with Gasteiger partial charge < -0.3 is 16.2 Å². The van der Waals surface area contributed by atoms with E-state index in [1.54, 1.807) is 31.2 Å². The van der Waals surface area contributed by atoms with Crippen LogP contribution in [0.3, 0.4) is 0 Å². The molecule has 8 heteroatoms. The van der Waals surface area contributed by atoms with Crippen molar-refractivity contribution in [2.75, 3.05) is 0 Å². The number of aliphatic carboxylic acids is 1. The third-order valence-electron chi connectivity index (χ3n) is 4.39. The molecule has 8 nitrogen and oxygen atoms in total. The quantitative estimate of drug-likeness (QED) is 0.692. The molecule has 26 heavy (non-hydrogen) atoms. The van der Waals surface area contributed by atoms with Crippen molar-refractivity contribution in [2.45, 2.75) is 32.7 Å². The largest absolute Gasteiger partial charge is 0.481 e. The number of nitrogens with zero attached hydrogens (tertiary/aromatic N) is 2. The van der Waals surface area contributed by atoms with Gasteiger partial charge in [0.25, 0.3) is 11.8 Å². The molecule has 0 saturated carbocycles. The maximum absolute atomic E-state index is 12.6. The molecule has 2 rings (SSSR count). The standard InChI is InChI=1S/C18H22N4O4/c1-11(2)18(3,10-15(23)24)20-17(26)13-9-14(16(19)25)22(21-13)12-7-5-4-6-8-12/h4-9,11H,10H2,1-3H3,(H2,19,25)(H,20,26)(H,23,24). The maximum atomic E-state index is 12.6. The van der Waals surface area contributed by atoms with E-state index in [2.05, 4.69) is 10.4 Å². The van der Waals surface area contributed by atoms with Gasteiger partial charge in [-0.1, -0.05) is 32.0 Å². The molecular formula is C18H22N4O4. The van der Waals surface area contributed by atoms with Gasteiger partial charge in [-0.15, -0.1) is 0 Å². The molecule has 0 aliphatic heterocycles. The van der Waals surface area contributed by atoms with E-state index in [1.165, 1.54) is 10.7 Å². The summed E-state index contributed by atoms with van der Waals surface area (Å²) in [6, 6.07) is 10.1. The minimum absolute atomic E-state index is 0.0140. The van der Waals surface area contributed by atoms with Gasteiger partial charge in [-0.3, -0.25) is 14.4 Å². The van der Waals surface area contributed by atoms with Crippen LogP contribution in [0.15, 0.2) is 36.4 Å². The number of para-hydroxylation sites is 1. The van der Waals surface area contributed by atoms with Crippen LogP contribution in [-0.4, -0.2) is 38.2 Å². The first-order chi connectivity index (χ1) is 12.1. The van der Waals surface area contributed by atoms with Crippen molar-refractivity contribution in [3.63, 3.8) is 0 Å². The Balaban J connectivity index is 2.38. The van der Waals surface area contributed by atoms with E-state index >= 15 is 0 Å². The monoisotopic (exact) mass is 358 g/mol. The molecule has 138 valence electrons. The van der Waals surface area contributed by atoms with E-state index in [9.17, 15) is 14.4 Å². The van der Waals surface area contributed by atoms with Crippen LogP contribution < -0.4 is 11.1 Å². The Morgan fingerprint density at radius 3 is 2.38 bits per heavy atom. The van der Waals surface area contributed by atoms with Crippen LogP contribution in [0, 0.1) is 5.92 Å². The second-order valence-corrected chi connectivity index (χ2v) is 6.62. The number of hydrogen-bond donors (Lipinski definition) is 3. The van der Waals surface area contributed by atoms with Crippen molar-refractivity contribution < 1.29 is 19.5 Å². The lowest BCUT2D eigenvalue weighted by Crippen LogP contribution is -2.51. The molecule has 0 aliphatic rings. The van der Waals surface area contributed by atoms with Gasteiger partial charge in [0.1, 0.15) is 5.69 Å². The van der Waals surface area contributed by atoms with Gasteiger partial charge in [-0.05, 0) is 25.0 Å². The SMILES string of the molecule is CC(C)C(C)(CC(=O)O)NC(=O)c1cc(C(N)=O)n(-c2ccccc2)n1. The van der Waals surface area contributed by atoms with Crippen molar-refractivity contribution in [2.24, 2.45) is 11.7 Å². The zero-order valence-electron chi connectivity index (χ0n) is 14.9. The van der Waals surface area contributed by atoms with Crippen molar-refractivity contribution in [1.29, 1.82) is 0 Å². The lowest BCUT2D eigenvalue weighted by atomic mass is 9.85. The first-order valence-electron chi connectivity index (χ1n) is 8.13. The summed E-state index contributed by atoms with van der Waals surface area (Å²) in [5.41, 5.74) is 5.06. The van der Waals surface area contributed by atoms with E-state index < -0.39 is 23.3 Å². The Bertz CT molecular complexity index is 829. The van der Waals surface area contributed by atoms with Gasteiger partial charge >= 0.3 is 5.97 Å². The number of benzene rings is 1. The average Bonchev–Trinajstić information content (AvgIpc) is 3.00. The Kier molecular flexibility index (Phi) is 5.44. The van der Waals surface area contributed by atoms with E-state index in [4.69, 9.17) is 10.8 Å². The summed E-state index contributed by atoms with van der Waals surface area (Å²) < 4.78 is 1.29. The molecule has 0 aliphatic carbocycles. The normalized spacial score (nSPS) is 13.2. The Labute approximate surface area is 151 Å². The number of carbonyl (C=O) groups excluding carboxylic acids is 2. The van der Waals surface area contributed by atoms with Crippen LogP contribution in [0.25, 0.3) is 5.69 Å². The predicted molar refractivity (Wildman–Crippen MR) is 95.0 cm³/mol. The lowest BCUT2D eigenvalue weighted by Gasteiger charge is -2.33. The number of carbonyl (C=O) groups is 3. The van der Waals surface area contributed by atoms with E-state index in [-0.39, 0.29) is 23.7 Å². The fraction of sp³-hybridized carbons (Fsp3) is 0.333. The van der Waals surface area contributed by atoms with Gasteiger partial charge in [-0.25, -0.2) is 4.68 Å². The number of carboxylic acid groups (broad SMARTS) is 1. The van der Waals surface area contributed by atoms with Crippen LogP contribution >= 0.6 is 0 Å². The minimum Gasteiger partial charge on any atom is -0.481 e. The predicted octanol–water partition coefficient (Wildman–Crippen LogP) is 1.59. The molecule has 2 aromatic rings. The summed E-state index contributed by atoms with van der Waals surface area (Å²) in [5, 5.41) is 16.0. The topological polar surface area (TPSA) is 127 Å². The number of hydrogen-bond acceptors (Lipinski definition) is 4. The number of amides is 2. The van der Waals surface area contributed by atoms with Gasteiger partial charge in [0, 0.05) is 6.07 Å². The van der Waals surface area contributed by atoms with Gasteiger partial charge in [0.15, 0.2) is 5.69 Å². The van der Waals surface area contributed by atoms with Crippen molar-refractivity contribution >= 4 is 17.8 Å². The molecule has 1 aromatic carbocycles. The van der Waals surface area contributed by atoms with Crippen LogP contribution in [0.4, 0.5) is 0 Å². The zero-order valence-corrected chi connectivity index (χ0v) is 14.9. The molecule has 1 unspecified atom stereocenters. The first kappa shape index (κ1) is 19.2. The number of rotatable bonds is 7. The van der Waals surface area contributed by atoms with Crippen LogP contribution in [0.5, 0.6) is 0 Å². The summed E-state index contributed by atoms with van der Waals surface area (Å²) in [6.07, 6.45) is -0.238. The van der Waals surface area contributed by atoms with Gasteiger partial charge in [0.2, 0.25) is 0 Å². The highest BCUT2D eigenvalue weighted by Gasteiger charge is 2.34. The van der Waals surface area contributed by atoms with Crippen molar-refractivity contribution in [1.82, 2.24) is 15.1 Å². The number of nitrogens with one attached hydrogen (secondary N) is 1. The van der Waals surface area contributed by atoms with Gasteiger partial charge in [-0.2, -0.15) is 5.10 Å². The summed E-state index contributed by atoms with van der Waals surface area (Å²) in [5.74, 6) is -2.44. The number of primary amides is 1. The Morgan fingerprint density at radius 2 is 1.88 bits per heavy atom. The molecule has 0 saturated heterocycles. The summed E-state index contributed by atoms with van der Waals surface area (Å²) in [6.45, 7) is 5.30. The number of carboxylic acids is 1. The summed E-state index contributed by atoms with van der Waals surface area (Å²) in [4.78, 5) is 35.5.